The lowest BCUT2D eigenvalue weighted by Gasteiger charge is -2.32. The molecule has 1 saturated heterocycles. The van der Waals surface area contributed by atoms with Crippen molar-refractivity contribution < 1.29 is 9.90 Å². The highest BCUT2D eigenvalue weighted by Crippen LogP contribution is 2.30. The fraction of sp³-hybridized carbons (Fsp3) is 0.588. The third kappa shape index (κ3) is 3.63. The highest BCUT2D eigenvalue weighted by Gasteiger charge is 2.36. The van der Waals surface area contributed by atoms with E-state index in [2.05, 4.69) is 41.4 Å². The third-order valence-corrected chi connectivity index (χ3v) is 4.84. The van der Waals surface area contributed by atoms with E-state index in [1.165, 1.54) is 5.56 Å². The molecule has 1 aromatic rings. The van der Waals surface area contributed by atoms with Crippen LogP contribution in [0.3, 0.4) is 0 Å². The van der Waals surface area contributed by atoms with Gasteiger partial charge in [0.1, 0.15) is 5.54 Å². The number of nitrogens with one attached hydrogen (secondary N) is 1. The van der Waals surface area contributed by atoms with Crippen LogP contribution in [0.5, 0.6) is 0 Å². The van der Waals surface area contributed by atoms with Crippen LogP contribution in [-0.4, -0.2) is 47.7 Å². The van der Waals surface area contributed by atoms with Gasteiger partial charge in [0.15, 0.2) is 0 Å². The third-order valence-electron chi connectivity index (χ3n) is 4.84. The molecule has 1 fully saturated rings. The van der Waals surface area contributed by atoms with Gasteiger partial charge in [0.05, 0.1) is 0 Å². The zero-order valence-electron chi connectivity index (χ0n) is 13.2. The molecule has 1 aromatic carbocycles. The fourth-order valence-corrected chi connectivity index (χ4v) is 3.20. The number of carboxylic acid groups (broad SMARTS) is 1. The van der Waals surface area contributed by atoms with E-state index in [4.69, 9.17) is 0 Å². The van der Waals surface area contributed by atoms with Crippen LogP contribution in [0.4, 0.5) is 0 Å². The van der Waals surface area contributed by atoms with E-state index in [1.54, 1.807) is 14.0 Å². The van der Waals surface area contributed by atoms with E-state index in [9.17, 15) is 9.90 Å². The first-order valence-corrected chi connectivity index (χ1v) is 7.67. The Balaban J connectivity index is 1.96. The number of hydrogen-bond donors (Lipinski definition) is 2. The fourth-order valence-electron chi connectivity index (χ4n) is 3.20. The molecular formula is C17H26N2O2. The number of aliphatic carboxylic acids is 1. The molecule has 2 N–H and O–H groups in total. The van der Waals surface area contributed by atoms with Crippen LogP contribution < -0.4 is 5.32 Å². The van der Waals surface area contributed by atoms with Crippen molar-refractivity contribution in [1.29, 1.82) is 0 Å². The van der Waals surface area contributed by atoms with Gasteiger partial charge in [-0.1, -0.05) is 30.3 Å². The SMILES string of the molecule is CNC(C)(CC(C)N1CCC(c2ccccc2)C1)C(=O)O. The first-order chi connectivity index (χ1) is 9.96. The second-order valence-electron chi connectivity index (χ2n) is 6.33. The molecule has 0 saturated carbocycles. The van der Waals surface area contributed by atoms with Crippen molar-refractivity contribution in [3.05, 3.63) is 35.9 Å². The summed E-state index contributed by atoms with van der Waals surface area (Å²) in [6.07, 6.45) is 1.76. The molecule has 4 nitrogen and oxygen atoms in total. The maximum Gasteiger partial charge on any atom is 0.323 e. The number of rotatable bonds is 6. The Morgan fingerprint density at radius 1 is 1.48 bits per heavy atom. The van der Waals surface area contributed by atoms with Crippen LogP contribution >= 0.6 is 0 Å². The number of carbonyl (C=O) groups is 1. The lowest BCUT2D eigenvalue weighted by Crippen LogP contribution is -2.51. The van der Waals surface area contributed by atoms with Crippen molar-refractivity contribution in [2.75, 3.05) is 20.1 Å². The predicted molar refractivity (Wildman–Crippen MR) is 84.6 cm³/mol. The van der Waals surface area contributed by atoms with Crippen LogP contribution in [0.25, 0.3) is 0 Å². The summed E-state index contributed by atoms with van der Waals surface area (Å²) < 4.78 is 0. The number of likely N-dealkylation sites (tertiary alicyclic amines) is 1. The van der Waals surface area contributed by atoms with Crippen LogP contribution in [-0.2, 0) is 4.79 Å². The van der Waals surface area contributed by atoms with Crippen molar-refractivity contribution in [1.82, 2.24) is 10.2 Å². The molecule has 1 heterocycles. The van der Waals surface area contributed by atoms with Gasteiger partial charge in [-0.3, -0.25) is 9.69 Å². The monoisotopic (exact) mass is 290 g/mol. The van der Waals surface area contributed by atoms with Gasteiger partial charge in [0.25, 0.3) is 0 Å². The highest BCUT2D eigenvalue weighted by molar-refractivity contribution is 5.78. The Morgan fingerprint density at radius 3 is 2.71 bits per heavy atom. The topological polar surface area (TPSA) is 52.6 Å². The molecule has 1 aliphatic heterocycles. The number of nitrogens with zero attached hydrogens (tertiary/aromatic N) is 1. The van der Waals surface area contributed by atoms with E-state index < -0.39 is 11.5 Å². The number of benzene rings is 1. The molecule has 3 unspecified atom stereocenters. The molecular weight excluding hydrogens is 264 g/mol. The van der Waals surface area contributed by atoms with Crippen LogP contribution in [0.1, 0.15) is 38.2 Å². The minimum Gasteiger partial charge on any atom is -0.480 e. The van der Waals surface area contributed by atoms with Gasteiger partial charge in [-0.25, -0.2) is 0 Å². The van der Waals surface area contributed by atoms with Gasteiger partial charge in [-0.05, 0) is 51.8 Å². The number of hydrogen-bond acceptors (Lipinski definition) is 3. The lowest BCUT2D eigenvalue weighted by atomic mass is 9.93. The summed E-state index contributed by atoms with van der Waals surface area (Å²) >= 11 is 0. The van der Waals surface area contributed by atoms with Gasteiger partial charge in [-0.15, -0.1) is 0 Å². The van der Waals surface area contributed by atoms with Crippen LogP contribution in [0, 0.1) is 0 Å². The first-order valence-electron chi connectivity index (χ1n) is 7.67. The highest BCUT2D eigenvalue weighted by atomic mass is 16.4. The van der Waals surface area contributed by atoms with Gasteiger partial charge in [0.2, 0.25) is 0 Å². The average molecular weight is 290 g/mol. The molecule has 0 aliphatic carbocycles. The second-order valence-corrected chi connectivity index (χ2v) is 6.33. The van der Waals surface area contributed by atoms with Gasteiger partial charge in [0, 0.05) is 12.6 Å². The Bertz CT molecular complexity index is 477. The average Bonchev–Trinajstić information content (AvgIpc) is 2.97. The molecule has 0 spiro atoms. The summed E-state index contributed by atoms with van der Waals surface area (Å²) in [6, 6.07) is 10.9. The Labute approximate surface area is 127 Å². The smallest absolute Gasteiger partial charge is 0.323 e. The molecule has 1 aliphatic rings. The van der Waals surface area contributed by atoms with Crippen LogP contribution in [0.2, 0.25) is 0 Å². The van der Waals surface area contributed by atoms with E-state index in [0.717, 1.165) is 19.5 Å². The van der Waals surface area contributed by atoms with Crippen molar-refractivity contribution in [3.63, 3.8) is 0 Å². The van der Waals surface area contributed by atoms with Gasteiger partial charge in [-0.2, -0.15) is 0 Å². The summed E-state index contributed by atoms with van der Waals surface area (Å²) in [4.78, 5) is 13.8. The summed E-state index contributed by atoms with van der Waals surface area (Å²) in [6.45, 7) is 5.95. The van der Waals surface area contributed by atoms with E-state index in [0.29, 0.717) is 12.3 Å². The molecule has 0 radical (unpaired) electrons. The van der Waals surface area contributed by atoms with Gasteiger partial charge >= 0.3 is 5.97 Å². The molecule has 0 amide bonds. The molecule has 0 aromatic heterocycles. The zero-order valence-corrected chi connectivity index (χ0v) is 13.2. The maximum absolute atomic E-state index is 11.4. The lowest BCUT2D eigenvalue weighted by molar-refractivity contribution is -0.144. The van der Waals surface area contributed by atoms with E-state index >= 15 is 0 Å². The quantitative estimate of drug-likeness (QED) is 0.844. The minimum atomic E-state index is -0.857. The number of likely N-dealkylation sites (N-methyl/N-ethyl adjacent to an activating group) is 1. The molecule has 3 atom stereocenters. The molecule has 116 valence electrons. The molecule has 4 heteroatoms. The first kappa shape index (κ1) is 16.0. The number of carboxylic acids is 1. The predicted octanol–water partition coefficient (Wildman–Crippen LogP) is 2.32. The molecule has 0 bridgehead atoms. The summed E-state index contributed by atoms with van der Waals surface area (Å²) in [7, 11) is 1.72. The Hall–Kier alpha value is -1.39. The maximum atomic E-state index is 11.4. The summed E-state index contributed by atoms with van der Waals surface area (Å²) in [5, 5.41) is 12.3. The zero-order chi connectivity index (χ0) is 15.5. The molecule has 2 rings (SSSR count). The normalized spacial score (nSPS) is 23.7. The van der Waals surface area contributed by atoms with Crippen molar-refractivity contribution in [2.24, 2.45) is 0 Å². The van der Waals surface area contributed by atoms with Crippen LogP contribution in [0.15, 0.2) is 30.3 Å². The van der Waals surface area contributed by atoms with Crippen molar-refractivity contribution in [3.8, 4) is 0 Å². The summed E-state index contributed by atoms with van der Waals surface area (Å²) in [5.74, 6) is -0.213. The Morgan fingerprint density at radius 2 is 2.14 bits per heavy atom. The second kappa shape index (κ2) is 6.58. The van der Waals surface area contributed by atoms with Crippen molar-refractivity contribution in [2.45, 2.75) is 44.2 Å². The molecule has 21 heavy (non-hydrogen) atoms. The minimum absolute atomic E-state index is 0.257. The van der Waals surface area contributed by atoms with Crippen molar-refractivity contribution >= 4 is 5.97 Å². The largest absolute Gasteiger partial charge is 0.480 e. The summed E-state index contributed by atoms with van der Waals surface area (Å²) in [5.41, 5.74) is 0.534. The standard InChI is InChI=1S/C17H26N2O2/c1-13(11-17(2,18-3)16(20)21)19-10-9-15(12-19)14-7-5-4-6-8-14/h4-8,13,15,18H,9-12H2,1-3H3,(H,20,21). The van der Waals surface area contributed by atoms with Gasteiger partial charge < -0.3 is 10.4 Å². The van der Waals surface area contributed by atoms with E-state index in [1.807, 2.05) is 6.07 Å². The van der Waals surface area contributed by atoms with E-state index in [-0.39, 0.29) is 6.04 Å². The Kier molecular flexibility index (Phi) is 5.01.